The quantitative estimate of drug-likeness (QED) is 0.442. The highest BCUT2D eigenvalue weighted by molar-refractivity contribution is 5.91. The van der Waals surface area contributed by atoms with Crippen molar-refractivity contribution in [3.63, 3.8) is 0 Å². The third-order valence-electron chi connectivity index (χ3n) is 3.10. The standard InChI is InChI=1S/C11H18N4O3/c1-2-8-7-17-4-3-15(8)6-9-5-10(14-18-9)11(16)13-12/h5,8H,2-4,6-7,12H2,1H3,(H,13,16). The number of nitrogen functional groups attached to an aromatic ring is 1. The number of ether oxygens (including phenoxy) is 1. The van der Waals surface area contributed by atoms with Crippen LogP contribution in [0.25, 0.3) is 0 Å². The van der Waals surface area contributed by atoms with Gasteiger partial charge in [-0.05, 0) is 6.42 Å². The molecule has 0 radical (unpaired) electrons. The second kappa shape index (κ2) is 5.94. The summed E-state index contributed by atoms with van der Waals surface area (Å²) in [6.07, 6.45) is 1.02. The smallest absolute Gasteiger partial charge is 0.287 e. The third kappa shape index (κ3) is 2.87. The lowest BCUT2D eigenvalue weighted by Gasteiger charge is -2.34. The number of carbonyl (C=O) groups excluding carboxylic acids is 1. The average Bonchev–Trinajstić information content (AvgIpc) is 2.87. The Morgan fingerprint density at radius 1 is 1.72 bits per heavy atom. The second-order valence-corrected chi connectivity index (χ2v) is 4.26. The molecule has 2 rings (SSSR count). The number of carbonyl (C=O) groups is 1. The van der Waals surface area contributed by atoms with Gasteiger partial charge in [0, 0.05) is 18.7 Å². The van der Waals surface area contributed by atoms with Gasteiger partial charge in [0.25, 0.3) is 5.91 Å². The first-order valence-electron chi connectivity index (χ1n) is 6.03. The molecule has 100 valence electrons. The molecule has 1 aromatic rings. The van der Waals surface area contributed by atoms with Gasteiger partial charge in [0.15, 0.2) is 11.5 Å². The van der Waals surface area contributed by atoms with Crippen LogP contribution < -0.4 is 11.3 Å². The summed E-state index contributed by atoms with van der Waals surface area (Å²) in [5.41, 5.74) is 2.23. The van der Waals surface area contributed by atoms with Crippen molar-refractivity contribution in [1.82, 2.24) is 15.5 Å². The van der Waals surface area contributed by atoms with E-state index in [9.17, 15) is 4.79 Å². The Morgan fingerprint density at radius 3 is 3.28 bits per heavy atom. The van der Waals surface area contributed by atoms with E-state index in [1.165, 1.54) is 0 Å². The van der Waals surface area contributed by atoms with E-state index in [0.29, 0.717) is 18.3 Å². The summed E-state index contributed by atoms with van der Waals surface area (Å²) in [5, 5.41) is 3.68. The van der Waals surface area contributed by atoms with Gasteiger partial charge in [0.1, 0.15) is 0 Å². The van der Waals surface area contributed by atoms with Gasteiger partial charge in [-0.25, -0.2) is 5.84 Å². The molecule has 1 aromatic heterocycles. The molecule has 1 fully saturated rings. The van der Waals surface area contributed by atoms with Crippen molar-refractivity contribution in [1.29, 1.82) is 0 Å². The lowest BCUT2D eigenvalue weighted by atomic mass is 10.1. The van der Waals surface area contributed by atoms with Crippen LogP contribution in [-0.2, 0) is 11.3 Å². The Balaban J connectivity index is 1.99. The van der Waals surface area contributed by atoms with E-state index in [4.69, 9.17) is 15.1 Å². The Morgan fingerprint density at radius 2 is 2.56 bits per heavy atom. The fourth-order valence-corrected chi connectivity index (χ4v) is 2.04. The van der Waals surface area contributed by atoms with Crippen LogP contribution in [0.5, 0.6) is 0 Å². The Labute approximate surface area is 105 Å². The van der Waals surface area contributed by atoms with Crippen LogP contribution in [-0.4, -0.2) is 41.8 Å². The van der Waals surface area contributed by atoms with E-state index >= 15 is 0 Å². The van der Waals surface area contributed by atoms with Gasteiger partial charge in [-0.3, -0.25) is 15.1 Å². The second-order valence-electron chi connectivity index (χ2n) is 4.26. The number of nitrogens with zero attached hydrogens (tertiary/aromatic N) is 2. The minimum Gasteiger partial charge on any atom is -0.378 e. The topological polar surface area (TPSA) is 93.6 Å². The summed E-state index contributed by atoms with van der Waals surface area (Å²) in [6, 6.07) is 2.00. The molecule has 2 heterocycles. The molecule has 0 spiro atoms. The molecular weight excluding hydrogens is 236 g/mol. The van der Waals surface area contributed by atoms with Gasteiger partial charge in [-0.2, -0.15) is 0 Å². The maximum Gasteiger partial charge on any atom is 0.287 e. The van der Waals surface area contributed by atoms with Crippen molar-refractivity contribution in [2.45, 2.75) is 25.9 Å². The van der Waals surface area contributed by atoms with Crippen molar-refractivity contribution in [3.05, 3.63) is 17.5 Å². The molecule has 1 atom stereocenters. The average molecular weight is 254 g/mol. The molecule has 0 aliphatic carbocycles. The molecule has 0 saturated carbocycles. The van der Waals surface area contributed by atoms with Gasteiger partial charge < -0.3 is 9.26 Å². The van der Waals surface area contributed by atoms with Crippen LogP contribution in [0.3, 0.4) is 0 Å². The minimum atomic E-state index is -0.445. The zero-order valence-corrected chi connectivity index (χ0v) is 10.4. The Kier molecular flexibility index (Phi) is 4.29. The SMILES string of the molecule is CCC1COCCN1Cc1cc(C(=O)NN)no1. The first-order valence-corrected chi connectivity index (χ1v) is 6.03. The number of nitrogens with two attached hydrogens (primary N) is 1. The molecular formula is C11H18N4O3. The van der Waals surface area contributed by atoms with Gasteiger partial charge in [0.2, 0.25) is 0 Å². The first kappa shape index (κ1) is 13.0. The number of hydrogen-bond acceptors (Lipinski definition) is 6. The van der Waals surface area contributed by atoms with Gasteiger partial charge >= 0.3 is 0 Å². The Hall–Kier alpha value is -1.44. The van der Waals surface area contributed by atoms with Crippen LogP contribution in [0.1, 0.15) is 29.6 Å². The molecule has 1 aliphatic heterocycles. The summed E-state index contributed by atoms with van der Waals surface area (Å²) in [5.74, 6) is 5.25. The fourth-order valence-electron chi connectivity index (χ4n) is 2.04. The monoisotopic (exact) mass is 254 g/mol. The normalized spacial score (nSPS) is 20.9. The van der Waals surface area contributed by atoms with Crippen molar-refractivity contribution < 1.29 is 14.1 Å². The number of amides is 1. The summed E-state index contributed by atoms with van der Waals surface area (Å²) >= 11 is 0. The molecule has 3 N–H and O–H groups in total. The van der Waals surface area contributed by atoms with E-state index in [1.54, 1.807) is 6.07 Å². The number of rotatable bonds is 4. The van der Waals surface area contributed by atoms with E-state index in [0.717, 1.165) is 26.2 Å². The van der Waals surface area contributed by atoms with Gasteiger partial charge in [-0.1, -0.05) is 12.1 Å². The van der Waals surface area contributed by atoms with Crippen molar-refractivity contribution in [2.24, 2.45) is 5.84 Å². The minimum absolute atomic E-state index is 0.203. The summed E-state index contributed by atoms with van der Waals surface area (Å²) in [6.45, 7) is 5.08. The number of nitrogens with one attached hydrogen (secondary N) is 1. The highest BCUT2D eigenvalue weighted by Gasteiger charge is 2.23. The summed E-state index contributed by atoms with van der Waals surface area (Å²) in [7, 11) is 0. The van der Waals surface area contributed by atoms with Crippen LogP contribution >= 0.6 is 0 Å². The van der Waals surface area contributed by atoms with Crippen LogP contribution in [0.4, 0.5) is 0 Å². The van der Waals surface area contributed by atoms with E-state index in [2.05, 4.69) is 17.0 Å². The van der Waals surface area contributed by atoms with Gasteiger partial charge in [-0.15, -0.1) is 0 Å². The largest absolute Gasteiger partial charge is 0.378 e. The number of aromatic nitrogens is 1. The molecule has 1 amide bonds. The fraction of sp³-hybridized carbons (Fsp3) is 0.636. The third-order valence-corrected chi connectivity index (χ3v) is 3.10. The predicted molar refractivity (Wildman–Crippen MR) is 63.5 cm³/mol. The molecule has 7 nitrogen and oxygen atoms in total. The number of hydrazine groups is 1. The molecule has 18 heavy (non-hydrogen) atoms. The maximum atomic E-state index is 11.2. The van der Waals surface area contributed by atoms with E-state index < -0.39 is 5.91 Å². The lowest BCUT2D eigenvalue weighted by Crippen LogP contribution is -2.44. The Bertz CT molecular complexity index is 407. The van der Waals surface area contributed by atoms with Crippen molar-refractivity contribution in [3.8, 4) is 0 Å². The van der Waals surface area contributed by atoms with Crippen LogP contribution in [0.15, 0.2) is 10.6 Å². The summed E-state index contributed by atoms with van der Waals surface area (Å²) < 4.78 is 10.6. The zero-order chi connectivity index (χ0) is 13.0. The molecule has 1 saturated heterocycles. The highest BCUT2D eigenvalue weighted by atomic mass is 16.5. The van der Waals surface area contributed by atoms with Crippen LogP contribution in [0.2, 0.25) is 0 Å². The zero-order valence-electron chi connectivity index (χ0n) is 10.4. The molecule has 1 aliphatic rings. The molecule has 0 aromatic carbocycles. The molecule has 7 heteroatoms. The molecule has 1 unspecified atom stereocenters. The number of hydrogen-bond donors (Lipinski definition) is 2. The predicted octanol–water partition coefficient (Wildman–Crippen LogP) is -0.111. The van der Waals surface area contributed by atoms with Crippen LogP contribution in [0, 0.1) is 0 Å². The lowest BCUT2D eigenvalue weighted by molar-refractivity contribution is -0.0160. The first-order chi connectivity index (χ1) is 8.74. The summed E-state index contributed by atoms with van der Waals surface area (Å²) in [4.78, 5) is 13.5. The molecule has 0 bridgehead atoms. The van der Waals surface area contributed by atoms with E-state index in [1.807, 2.05) is 5.43 Å². The maximum absolute atomic E-state index is 11.2. The highest BCUT2D eigenvalue weighted by Crippen LogP contribution is 2.15. The van der Waals surface area contributed by atoms with Crippen molar-refractivity contribution >= 4 is 5.91 Å². The van der Waals surface area contributed by atoms with Gasteiger partial charge in [0.05, 0.1) is 19.8 Å². The number of morpholine rings is 1. The van der Waals surface area contributed by atoms with Crippen molar-refractivity contribution in [2.75, 3.05) is 19.8 Å². The van der Waals surface area contributed by atoms with E-state index in [-0.39, 0.29) is 5.69 Å².